The van der Waals surface area contributed by atoms with E-state index in [1.54, 1.807) is 23.1 Å². The van der Waals surface area contributed by atoms with Crippen molar-refractivity contribution in [2.24, 2.45) is 5.92 Å². The Labute approximate surface area is 164 Å². The number of hydrogen-bond acceptors (Lipinski definition) is 4. The highest BCUT2D eigenvalue weighted by atomic mass is 32.2. The van der Waals surface area contributed by atoms with Crippen LogP contribution >= 0.6 is 0 Å². The zero-order valence-corrected chi connectivity index (χ0v) is 16.2. The van der Waals surface area contributed by atoms with Crippen LogP contribution in [0.25, 0.3) is 0 Å². The van der Waals surface area contributed by atoms with E-state index in [-0.39, 0.29) is 36.2 Å². The van der Waals surface area contributed by atoms with E-state index >= 15 is 0 Å². The molecule has 1 heterocycles. The van der Waals surface area contributed by atoms with Crippen LogP contribution in [0.15, 0.2) is 65.6 Å². The van der Waals surface area contributed by atoms with Crippen LogP contribution in [-0.4, -0.2) is 44.8 Å². The van der Waals surface area contributed by atoms with E-state index in [1.165, 1.54) is 12.1 Å². The smallest absolute Gasteiger partial charge is 0.240 e. The van der Waals surface area contributed by atoms with Crippen molar-refractivity contribution in [1.29, 1.82) is 0 Å². The molecule has 0 aliphatic carbocycles. The molecule has 148 valence electrons. The average molecular weight is 401 g/mol. The Morgan fingerprint density at radius 3 is 2.32 bits per heavy atom. The molecule has 1 aliphatic heterocycles. The molecule has 2 N–H and O–H groups in total. The van der Waals surface area contributed by atoms with Gasteiger partial charge in [0.25, 0.3) is 0 Å². The number of rotatable bonds is 8. The summed E-state index contributed by atoms with van der Waals surface area (Å²) in [4.78, 5) is 26.3. The monoisotopic (exact) mass is 401 g/mol. The Balaban J connectivity index is 1.43. The molecule has 0 spiro atoms. The molecule has 7 nitrogen and oxygen atoms in total. The van der Waals surface area contributed by atoms with Gasteiger partial charge in [0, 0.05) is 32.6 Å². The van der Waals surface area contributed by atoms with E-state index in [2.05, 4.69) is 10.0 Å². The maximum atomic E-state index is 12.3. The summed E-state index contributed by atoms with van der Waals surface area (Å²) >= 11 is 0. The van der Waals surface area contributed by atoms with E-state index in [9.17, 15) is 18.0 Å². The minimum atomic E-state index is -3.59. The zero-order chi connectivity index (χ0) is 20.0. The SMILES string of the molecule is O=C(NCCNS(=O)(=O)c1ccccc1)[C@@H]1CC(=O)N(Cc2ccccc2)C1. The highest BCUT2D eigenvalue weighted by molar-refractivity contribution is 7.89. The molecule has 2 aromatic carbocycles. The summed E-state index contributed by atoms with van der Waals surface area (Å²) in [6.07, 6.45) is 0.175. The third kappa shape index (κ3) is 5.17. The number of benzene rings is 2. The highest BCUT2D eigenvalue weighted by Gasteiger charge is 2.34. The number of hydrogen-bond donors (Lipinski definition) is 2. The second-order valence-corrected chi connectivity index (χ2v) is 8.43. The van der Waals surface area contributed by atoms with E-state index in [0.717, 1.165) is 5.56 Å². The standard InChI is InChI=1S/C20H23N3O4S/c24-19-13-17(15-23(19)14-16-7-3-1-4-8-16)20(25)21-11-12-22-28(26,27)18-9-5-2-6-10-18/h1-10,17,22H,11-15H2,(H,21,25)/t17-/m1/s1. The molecule has 1 atom stereocenters. The van der Waals surface area contributed by atoms with Crippen LogP contribution < -0.4 is 10.0 Å². The van der Waals surface area contributed by atoms with Crippen LogP contribution in [0.2, 0.25) is 0 Å². The van der Waals surface area contributed by atoms with Crippen molar-refractivity contribution in [1.82, 2.24) is 14.9 Å². The minimum Gasteiger partial charge on any atom is -0.354 e. The largest absolute Gasteiger partial charge is 0.354 e. The number of carbonyl (C=O) groups is 2. The van der Waals surface area contributed by atoms with Crippen LogP contribution in [0, 0.1) is 5.92 Å². The van der Waals surface area contributed by atoms with Crippen molar-refractivity contribution in [2.45, 2.75) is 17.9 Å². The van der Waals surface area contributed by atoms with E-state index in [4.69, 9.17) is 0 Å². The molecular formula is C20H23N3O4S. The maximum Gasteiger partial charge on any atom is 0.240 e. The Hall–Kier alpha value is -2.71. The summed E-state index contributed by atoms with van der Waals surface area (Å²) in [5.41, 5.74) is 1.02. The van der Waals surface area contributed by atoms with Gasteiger partial charge in [-0.05, 0) is 17.7 Å². The Morgan fingerprint density at radius 2 is 1.64 bits per heavy atom. The van der Waals surface area contributed by atoms with Gasteiger partial charge in [0.15, 0.2) is 0 Å². The molecule has 0 bridgehead atoms. The second kappa shape index (κ2) is 8.99. The lowest BCUT2D eigenvalue weighted by Crippen LogP contribution is -2.38. The molecule has 0 radical (unpaired) electrons. The lowest BCUT2D eigenvalue weighted by Gasteiger charge is -2.16. The van der Waals surface area contributed by atoms with Crippen LogP contribution in [0.5, 0.6) is 0 Å². The van der Waals surface area contributed by atoms with Gasteiger partial charge in [-0.15, -0.1) is 0 Å². The first-order chi connectivity index (χ1) is 13.5. The number of sulfonamides is 1. The predicted molar refractivity (Wildman–Crippen MR) is 105 cm³/mol. The van der Waals surface area contributed by atoms with Gasteiger partial charge < -0.3 is 10.2 Å². The van der Waals surface area contributed by atoms with Crippen molar-refractivity contribution in [3.63, 3.8) is 0 Å². The van der Waals surface area contributed by atoms with Crippen LogP contribution in [0.1, 0.15) is 12.0 Å². The van der Waals surface area contributed by atoms with E-state index in [0.29, 0.717) is 13.1 Å². The molecule has 2 amide bonds. The van der Waals surface area contributed by atoms with Crippen molar-refractivity contribution < 1.29 is 18.0 Å². The first-order valence-electron chi connectivity index (χ1n) is 9.10. The summed E-state index contributed by atoms with van der Waals surface area (Å²) in [6.45, 7) is 1.10. The van der Waals surface area contributed by atoms with Crippen LogP contribution in [-0.2, 0) is 26.2 Å². The summed E-state index contributed by atoms with van der Waals surface area (Å²) in [5.74, 6) is -0.696. The summed E-state index contributed by atoms with van der Waals surface area (Å²) in [6, 6.07) is 17.7. The summed E-state index contributed by atoms with van der Waals surface area (Å²) in [5, 5.41) is 2.71. The van der Waals surface area contributed by atoms with Crippen molar-refractivity contribution in [3.05, 3.63) is 66.2 Å². The second-order valence-electron chi connectivity index (χ2n) is 6.66. The molecule has 0 aromatic heterocycles. The maximum absolute atomic E-state index is 12.3. The average Bonchev–Trinajstić information content (AvgIpc) is 3.07. The quantitative estimate of drug-likeness (QED) is 0.648. The van der Waals surface area contributed by atoms with E-state index in [1.807, 2.05) is 30.3 Å². The summed E-state index contributed by atoms with van der Waals surface area (Å²) in [7, 11) is -3.59. The predicted octanol–water partition coefficient (Wildman–Crippen LogP) is 1.13. The fourth-order valence-electron chi connectivity index (χ4n) is 3.10. The Bertz CT molecular complexity index is 917. The molecule has 2 aromatic rings. The first-order valence-corrected chi connectivity index (χ1v) is 10.6. The zero-order valence-electron chi connectivity index (χ0n) is 15.4. The lowest BCUT2D eigenvalue weighted by molar-refractivity contribution is -0.129. The van der Waals surface area contributed by atoms with Crippen molar-refractivity contribution >= 4 is 21.8 Å². The molecule has 1 fully saturated rings. The fraction of sp³-hybridized carbons (Fsp3) is 0.300. The van der Waals surface area contributed by atoms with Gasteiger partial charge in [-0.1, -0.05) is 48.5 Å². The van der Waals surface area contributed by atoms with Gasteiger partial charge in [-0.25, -0.2) is 13.1 Å². The molecule has 1 aliphatic rings. The number of amides is 2. The Morgan fingerprint density at radius 1 is 1.00 bits per heavy atom. The Kier molecular flexibility index (Phi) is 6.43. The normalized spacial score (nSPS) is 16.9. The van der Waals surface area contributed by atoms with Crippen molar-refractivity contribution in [2.75, 3.05) is 19.6 Å². The van der Waals surface area contributed by atoms with Gasteiger partial charge in [0.05, 0.1) is 10.8 Å². The van der Waals surface area contributed by atoms with E-state index < -0.39 is 15.9 Å². The number of nitrogens with one attached hydrogen (secondary N) is 2. The summed E-state index contributed by atoms with van der Waals surface area (Å²) < 4.78 is 26.7. The third-order valence-electron chi connectivity index (χ3n) is 4.57. The minimum absolute atomic E-state index is 0.0474. The molecule has 28 heavy (non-hydrogen) atoms. The molecular weight excluding hydrogens is 378 g/mol. The van der Waals surface area contributed by atoms with Gasteiger partial charge in [0.2, 0.25) is 21.8 Å². The fourth-order valence-corrected chi connectivity index (χ4v) is 4.16. The number of likely N-dealkylation sites (tertiary alicyclic amines) is 1. The topological polar surface area (TPSA) is 95.6 Å². The van der Waals surface area contributed by atoms with Gasteiger partial charge >= 0.3 is 0 Å². The third-order valence-corrected chi connectivity index (χ3v) is 6.05. The van der Waals surface area contributed by atoms with Crippen LogP contribution in [0.4, 0.5) is 0 Å². The van der Waals surface area contributed by atoms with Gasteiger partial charge in [-0.2, -0.15) is 0 Å². The lowest BCUT2D eigenvalue weighted by atomic mass is 10.1. The van der Waals surface area contributed by atoms with Gasteiger partial charge in [0.1, 0.15) is 0 Å². The molecule has 0 unspecified atom stereocenters. The highest BCUT2D eigenvalue weighted by Crippen LogP contribution is 2.20. The number of nitrogens with zero attached hydrogens (tertiary/aromatic N) is 1. The molecule has 8 heteroatoms. The molecule has 1 saturated heterocycles. The van der Waals surface area contributed by atoms with Crippen molar-refractivity contribution in [3.8, 4) is 0 Å². The molecule has 0 saturated carbocycles. The first kappa shape index (κ1) is 20.0. The molecule has 3 rings (SSSR count). The van der Waals surface area contributed by atoms with Crippen LogP contribution in [0.3, 0.4) is 0 Å². The number of carbonyl (C=O) groups excluding carboxylic acids is 2. The van der Waals surface area contributed by atoms with Gasteiger partial charge in [-0.3, -0.25) is 9.59 Å².